The second kappa shape index (κ2) is 43.0. The normalized spacial score (nSPS) is 22.8. The summed E-state index contributed by atoms with van der Waals surface area (Å²) in [7, 11) is -1.67. The molecule has 0 aliphatic heterocycles. The maximum absolute atomic E-state index is 13.1. The fourth-order valence-corrected chi connectivity index (χ4v) is 13.8. The van der Waals surface area contributed by atoms with Crippen molar-refractivity contribution in [2.75, 3.05) is 41.8 Å². The number of aliphatic hydroxyl groups is 2. The van der Waals surface area contributed by atoms with E-state index in [-0.39, 0.29) is 39.4 Å². The van der Waals surface area contributed by atoms with E-state index in [2.05, 4.69) is 88.7 Å². The molecule has 0 saturated carbocycles. The van der Waals surface area contributed by atoms with Crippen molar-refractivity contribution in [1.82, 2.24) is 0 Å². The molecular formula is C86H120ClO15P3. The summed E-state index contributed by atoms with van der Waals surface area (Å²) in [6, 6.07) is 0. The zero-order chi connectivity index (χ0) is 80.2. The van der Waals surface area contributed by atoms with Crippen molar-refractivity contribution in [2.45, 2.75) is 189 Å². The van der Waals surface area contributed by atoms with E-state index in [9.17, 15) is 43.1 Å². The summed E-state index contributed by atoms with van der Waals surface area (Å²) >= 11 is 5.02. The van der Waals surface area contributed by atoms with E-state index in [0.717, 1.165) is 66.9 Å². The van der Waals surface area contributed by atoms with Crippen LogP contribution in [0.3, 0.4) is 0 Å². The zero-order valence-electron chi connectivity index (χ0n) is 67.2. The van der Waals surface area contributed by atoms with Crippen molar-refractivity contribution >= 4 is 56.5 Å². The highest BCUT2D eigenvalue weighted by molar-refractivity contribution is 7.81. The molecule has 4 aliphatic carbocycles. The standard InChI is InChI=1S/C44H62O8P2.C40H52O4.C2H6ClO3P/c1-31(21-17-23-33(3)25-27-37-35(5)41(45)39(29-43(37,7)8)51-53(13,14)47)19-15-16-20-32(2)22-18-24-34(4)26-28-38-36(6)42(46)40(30-44(38,9)10)52-54(48,49-11)50-12;1-27(17-13-19-29(3)21-23-33-31(5)37(43)35(41)25-39(33,7)8)15-11-12-16-28(2)18-14-20-30(4)22-24-34-32(6)38(44)36(42)26-40(34,9)10;1-5-7(3,4)6-2/h15-28,39-40H,29-30H2,1-14H3;11-24,35-36,41-42H,25-26H2,1-10H3;1-2H3/b16-15+,21-17+,22-18+,27-25+,28-26+,31-19+,32-20+,33-23+,34-24+;12-11+,17-13+,18-14+,23-21+,24-22+,27-15+,28-16+,29-19+,30-20+;. The van der Waals surface area contributed by atoms with Crippen LogP contribution in [0.5, 0.6) is 0 Å². The smallest absolute Gasteiger partial charge is 0.385 e. The van der Waals surface area contributed by atoms with Crippen LogP contribution in [0, 0.1) is 21.7 Å². The fourth-order valence-electron chi connectivity index (χ4n) is 12.1. The van der Waals surface area contributed by atoms with Gasteiger partial charge in [-0.05, 0) is 175 Å². The van der Waals surface area contributed by atoms with Gasteiger partial charge in [0.2, 0.25) is 0 Å². The number of carbonyl (C=O) groups excluding carboxylic acids is 4. The van der Waals surface area contributed by atoms with Crippen molar-refractivity contribution in [2.24, 2.45) is 21.7 Å². The van der Waals surface area contributed by atoms with Crippen LogP contribution in [0.1, 0.15) is 164 Å². The molecule has 15 nitrogen and oxygen atoms in total. The van der Waals surface area contributed by atoms with Gasteiger partial charge in [0.15, 0.2) is 30.5 Å². The number of Topliss-reactive ketones (excluding diaryl/α,β-unsaturated/α-hetero) is 4. The molecule has 0 saturated heterocycles. The molecule has 0 bridgehead atoms. The van der Waals surface area contributed by atoms with E-state index >= 15 is 0 Å². The number of halogens is 1. The lowest BCUT2D eigenvalue weighted by atomic mass is 9.71. The number of ketones is 4. The Morgan fingerprint density at radius 1 is 0.362 bits per heavy atom. The number of phosphoric ester groups is 1. The Hall–Kier alpha value is -6.38. The molecule has 4 aliphatic rings. The Morgan fingerprint density at radius 2 is 0.581 bits per heavy atom. The lowest BCUT2D eigenvalue weighted by Gasteiger charge is -2.37. The summed E-state index contributed by atoms with van der Waals surface area (Å²) in [5, 5.41) is 20.0. The van der Waals surface area contributed by atoms with Crippen molar-refractivity contribution in [3.8, 4) is 0 Å². The summed E-state index contributed by atoms with van der Waals surface area (Å²) in [6.45, 7) is 39.9. The molecule has 2 N–H and O–H groups in total. The van der Waals surface area contributed by atoms with Gasteiger partial charge in [0, 0.05) is 53.0 Å². The van der Waals surface area contributed by atoms with E-state index in [1.807, 2.05) is 208 Å². The van der Waals surface area contributed by atoms with Gasteiger partial charge >= 0.3 is 14.8 Å². The van der Waals surface area contributed by atoms with Crippen LogP contribution in [0.25, 0.3) is 0 Å². The van der Waals surface area contributed by atoms with Crippen LogP contribution in [0.15, 0.2) is 259 Å². The van der Waals surface area contributed by atoms with Crippen LogP contribution in [-0.2, 0) is 60.0 Å². The first-order chi connectivity index (χ1) is 48.5. The minimum atomic E-state index is -3.79. The second-order valence-electron chi connectivity index (χ2n) is 29.9. The molecule has 0 spiro atoms. The fraction of sp³-hybridized carbons (Fsp3) is 0.442. The average Bonchev–Trinajstić information content (AvgIpc) is 0.803. The zero-order valence-corrected chi connectivity index (χ0v) is 70.7. The number of aliphatic hydroxyl groups excluding tert-OH is 2. The highest BCUT2D eigenvalue weighted by Gasteiger charge is 2.44. The molecule has 0 heterocycles. The molecule has 0 aromatic carbocycles. The molecule has 576 valence electrons. The van der Waals surface area contributed by atoms with Crippen LogP contribution in [0.2, 0.25) is 0 Å². The Kier molecular flexibility index (Phi) is 38.8. The Labute approximate surface area is 634 Å². The van der Waals surface area contributed by atoms with E-state index in [1.165, 1.54) is 28.4 Å². The first-order valence-corrected chi connectivity index (χ1v) is 41.5. The third-order valence-corrected chi connectivity index (χ3v) is 22.0. The van der Waals surface area contributed by atoms with Crippen molar-refractivity contribution in [3.63, 3.8) is 0 Å². The SMILES string of the molecule is CC1=C(/C=C/C(C)=C/C=C/C(C)=C/C=C/C=C(C)/C=C/C=C(C)/C=C/C2=C(C)C(=O)C(O)CC2(C)C)C(C)(C)CC(O)C1=O.COP(=O)(Cl)OC.COP(=O)(OC)OC1CC(C)(C)C(/C=C/C(C)=C/C=C/C(C)=C/C=C/C=C(C)/C=C/C=C(C)/C=C/C2=C(C)C(=O)C(OP(C)(C)=O)CC2(C)C)=C(C)C1=O. The van der Waals surface area contributed by atoms with Crippen LogP contribution < -0.4 is 0 Å². The summed E-state index contributed by atoms with van der Waals surface area (Å²) < 4.78 is 64.3. The van der Waals surface area contributed by atoms with Gasteiger partial charge in [-0.3, -0.25) is 37.3 Å². The van der Waals surface area contributed by atoms with Crippen LogP contribution >= 0.6 is 33.4 Å². The Morgan fingerprint density at radius 3 is 0.810 bits per heavy atom. The number of rotatable bonds is 28. The molecular weight excluding hydrogens is 1400 g/mol. The largest absolute Gasteiger partial charge is 0.474 e. The van der Waals surface area contributed by atoms with Gasteiger partial charge in [0.25, 0.3) is 0 Å². The van der Waals surface area contributed by atoms with E-state index in [1.54, 1.807) is 34.1 Å². The minimum Gasteiger partial charge on any atom is -0.385 e. The van der Waals surface area contributed by atoms with E-state index in [4.69, 9.17) is 29.3 Å². The number of hydrogen-bond donors (Lipinski definition) is 2. The maximum Gasteiger partial charge on any atom is 0.474 e. The van der Waals surface area contributed by atoms with E-state index < -0.39 is 52.0 Å². The van der Waals surface area contributed by atoms with Crippen molar-refractivity contribution in [1.29, 1.82) is 0 Å². The van der Waals surface area contributed by atoms with E-state index in [0.29, 0.717) is 48.0 Å². The molecule has 4 atom stereocenters. The third kappa shape index (κ3) is 32.5. The van der Waals surface area contributed by atoms with Crippen LogP contribution in [0.4, 0.5) is 0 Å². The van der Waals surface area contributed by atoms with Crippen LogP contribution in [-0.4, -0.2) is 99.5 Å². The predicted octanol–water partition coefficient (Wildman–Crippen LogP) is 22.4. The van der Waals surface area contributed by atoms with Gasteiger partial charge in [-0.1, -0.05) is 270 Å². The van der Waals surface area contributed by atoms with Gasteiger partial charge in [-0.2, -0.15) is 0 Å². The molecule has 4 unspecified atom stereocenters. The molecule has 19 heteroatoms. The average molecular weight is 1520 g/mol. The first kappa shape index (κ1) is 94.7. The summed E-state index contributed by atoms with van der Waals surface area (Å²) in [6.07, 6.45) is 55.0. The third-order valence-electron chi connectivity index (χ3n) is 18.1. The van der Waals surface area contributed by atoms with Gasteiger partial charge in [-0.25, -0.2) is 9.13 Å². The predicted molar refractivity (Wildman–Crippen MR) is 436 cm³/mol. The molecule has 0 aromatic heterocycles. The molecule has 105 heavy (non-hydrogen) atoms. The lowest BCUT2D eigenvalue weighted by molar-refractivity contribution is -0.126. The van der Waals surface area contributed by atoms with Crippen molar-refractivity contribution in [3.05, 3.63) is 259 Å². The molecule has 0 fully saturated rings. The summed E-state index contributed by atoms with van der Waals surface area (Å²) in [4.78, 5) is 50.5. The topological polar surface area (TPSA) is 215 Å². The second-order valence-corrected chi connectivity index (χ2v) is 37.3. The quantitative estimate of drug-likeness (QED) is 0.0550. The van der Waals surface area contributed by atoms with Gasteiger partial charge in [0.05, 0.1) is 0 Å². The first-order valence-electron chi connectivity index (χ1n) is 35.1. The number of phosphoric acid groups is 1. The van der Waals surface area contributed by atoms with Gasteiger partial charge < -0.3 is 23.8 Å². The summed E-state index contributed by atoms with van der Waals surface area (Å²) in [5.41, 5.74) is 13.9. The van der Waals surface area contributed by atoms with Gasteiger partial charge in [0.1, 0.15) is 24.4 Å². The molecule has 4 rings (SSSR count). The number of carbonyl (C=O) groups is 4. The summed E-state index contributed by atoms with van der Waals surface area (Å²) in [5.74, 6) is -0.665. The monoisotopic (exact) mass is 1520 g/mol. The number of hydrogen-bond acceptors (Lipinski definition) is 15. The Bertz CT molecular complexity index is 3920. The highest BCUT2D eigenvalue weighted by Crippen LogP contribution is 2.53. The van der Waals surface area contributed by atoms with Crippen molar-refractivity contribution < 1.29 is 70.2 Å². The highest BCUT2D eigenvalue weighted by atomic mass is 35.7. The number of allylic oxidation sites excluding steroid dienone is 40. The molecule has 0 amide bonds. The lowest BCUT2D eigenvalue weighted by Crippen LogP contribution is -2.37. The minimum absolute atomic E-state index is 0.0906. The Balaban J connectivity index is 0.000000663. The molecule has 0 aromatic rings. The molecule has 0 radical (unpaired) electrons. The van der Waals surface area contributed by atoms with Gasteiger partial charge in [-0.15, -0.1) is 0 Å². The maximum atomic E-state index is 13.1.